The Bertz CT molecular complexity index is 1400. The SMILES string of the molecule is CC(C)C[C@H](NC(=O)COc1ccc(Cl)cc1)C(=O)N/N=C\c1cn(Cc2ccccc2)c2ccccc12. The van der Waals surface area contributed by atoms with Crippen LogP contribution < -0.4 is 15.5 Å². The predicted octanol–water partition coefficient (Wildman–Crippen LogP) is 5.40. The van der Waals surface area contributed by atoms with Gasteiger partial charge < -0.3 is 14.6 Å². The number of benzene rings is 3. The molecule has 2 amide bonds. The highest BCUT2D eigenvalue weighted by Gasteiger charge is 2.22. The minimum absolute atomic E-state index is 0.183. The van der Waals surface area contributed by atoms with E-state index in [4.69, 9.17) is 16.3 Å². The first kappa shape index (κ1) is 26.9. The molecule has 0 fully saturated rings. The number of nitrogens with zero attached hydrogens (tertiary/aromatic N) is 2. The summed E-state index contributed by atoms with van der Waals surface area (Å²) in [5, 5.41) is 8.59. The minimum Gasteiger partial charge on any atom is -0.484 e. The molecule has 8 heteroatoms. The van der Waals surface area contributed by atoms with Gasteiger partial charge in [-0.3, -0.25) is 9.59 Å². The second-order valence-corrected chi connectivity index (χ2v) is 9.88. The fourth-order valence-corrected chi connectivity index (χ4v) is 4.28. The molecule has 0 aliphatic carbocycles. The maximum atomic E-state index is 12.9. The van der Waals surface area contributed by atoms with Gasteiger partial charge in [0.05, 0.1) is 6.21 Å². The van der Waals surface area contributed by atoms with E-state index in [9.17, 15) is 9.59 Å². The first-order valence-electron chi connectivity index (χ1n) is 12.5. The molecule has 3 aromatic carbocycles. The van der Waals surface area contributed by atoms with E-state index >= 15 is 0 Å². The number of aromatic nitrogens is 1. The lowest BCUT2D eigenvalue weighted by Crippen LogP contribution is -2.47. The van der Waals surface area contributed by atoms with Gasteiger partial charge in [0.2, 0.25) is 0 Å². The smallest absolute Gasteiger partial charge is 0.262 e. The molecule has 4 aromatic rings. The van der Waals surface area contributed by atoms with Crippen LogP contribution in [0.15, 0.2) is 90.2 Å². The molecule has 1 heterocycles. The van der Waals surface area contributed by atoms with Crippen LogP contribution in [0, 0.1) is 5.92 Å². The standard InChI is InChI=1S/C30H31ClN4O3/c1-21(2)16-27(33-29(36)20-38-25-14-12-24(31)13-15-25)30(37)34-32-17-23-19-35(18-22-8-4-3-5-9-22)28-11-7-6-10-26(23)28/h3-15,17,19,21,27H,16,18,20H2,1-2H3,(H,33,36)(H,34,37)/b32-17-/t27-/m0/s1. The molecular formula is C30H31ClN4O3. The molecule has 0 saturated heterocycles. The van der Waals surface area contributed by atoms with Gasteiger partial charge in [0.15, 0.2) is 6.61 Å². The summed E-state index contributed by atoms with van der Waals surface area (Å²) < 4.78 is 7.66. The minimum atomic E-state index is -0.743. The monoisotopic (exact) mass is 530 g/mol. The molecule has 0 aliphatic heterocycles. The average molecular weight is 531 g/mol. The van der Waals surface area contributed by atoms with E-state index in [2.05, 4.69) is 38.6 Å². The van der Waals surface area contributed by atoms with Crippen LogP contribution in [0.3, 0.4) is 0 Å². The number of halogens is 1. The van der Waals surface area contributed by atoms with Crippen LogP contribution in [-0.4, -0.2) is 35.2 Å². The van der Waals surface area contributed by atoms with E-state index < -0.39 is 11.9 Å². The molecular weight excluding hydrogens is 500 g/mol. The number of ether oxygens (including phenoxy) is 1. The van der Waals surface area contributed by atoms with Crippen LogP contribution in [0.2, 0.25) is 5.02 Å². The van der Waals surface area contributed by atoms with Gasteiger partial charge in [-0.05, 0) is 48.2 Å². The zero-order chi connectivity index (χ0) is 26.9. The number of hydrogen-bond donors (Lipinski definition) is 2. The first-order valence-corrected chi connectivity index (χ1v) is 12.9. The Balaban J connectivity index is 1.40. The Hall–Kier alpha value is -4.10. The molecule has 1 atom stereocenters. The second-order valence-electron chi connectivity index (χ2n) is 9.44. The molecule has 196 valence electrons. The fourth-order valence-electron chi connectivity index (χ4n) is 4.15. The fraction of sp³-hybridized carbons (Fsp3) is 0.233. The largest absolute Gasteiger partial charge is 0.484 e. The van der Waals surface area contributed by atoms with Crippen LogP contribution in [0.4, 0.5) is 0 Å². The zero-order valence-corrected chi connectivity index (χ0v) is 22.2. The number of carbonyl (C=O) groups excluding carboxylic acids is 2. The summed E-state index contributed by atoms with van der Waals surface area (Å²) in [7, 11) is 0. The van der Waals surface area contributed by atoms with E-state index in [1.54, 1.807) is 30.5 Å². The molecule has 2 N–H and O–H groups in total. The number of rotatable bonds is 11. The van der Waals surface area contributed by atoms with Crippen molar-refractivity contribution in [3.05, 3.63) is 101 Å². The van der Waals surface area contributed by atoms with Gasteiger partial charge in [-0.1, -0.05) is 74.0 Å². The van der Waals surface area contributed by atoms with Crippen LogP contribution in [-0.2, 0) is 16.1 Å². The number of nitrogens with one attached hydrogen (secondary N) is 2. The Morgan fingerprint density at radius 3 is 2.45 bits per heavy atom. The van der Waals surface area contributed by atoms with Crippen LogP contribution in [0.5, 0.6) is 5.75 Å². The van der Waals surface area contributed by atoms with Crippen molar-refractivity contribution in [1.29, 1.82) is 0 Å². The van der Waals surface area contributed by atoms with E-state index in [0.29, 0.717) is 17.2 Å². The zero-order valence-electron chi connectivity index (χ0n) is 21.4. The van der Waals surface area contributed by atoms with E-state index in [1.807, 2.05) is 56.4 Å². The summed E-state index contributed by atoms with van der Waals surface area (Å²) in [5.74, 6) is -0.0786. The number of hydrogen-bond acceptors (Lipinski definition) is 4. The van der Waals surface area contributed by atoms with E-state index in [-0.39, 0.29) is 18.4 Å². The van der Waals surface area contributed by atoms with Gasteiger partial charge in [0.25, 0.3) is 11.8 Å². The summed E-state index contributed by atoms with van der Waals surface area (Å²) in [5.41, 5.74) is 5.75. The lowest BCUT2D eigenvalue weighted by Gasteiger charge is -2.19. The summed E-state index contributed by atoms with van der Waals surface area (Å²) in [6.45, 7) is 4.48. The number of carbonyl (C=O) groups is 2. The first-order chi connectivity index (χ1) is 18.4. The Labute approximate surface area is 227 Å². The summed E-state index contributed by atoms with van der Waals surface area (Å²) >= 11 is 5.88. The Kier molecular flexibility index (Phi) is 9.16. The molecule has 0 spiro atoms. The maximum absolute atomic E-state index is 12.9. The van der Waals surface area contributed by atoms with Crippen molar-refractivity contribution in [2.45, 2.75) is 32.9 Å². The summed E-state index contributed by atoms with van der Waals surface area (Å²) in [6, 6.07) is 24.3. The lowest BCUT2D eigenvalue weighted by atomic mass is 10.0. The highest BCUT2D eigenvalue weighted by Crippen LogP contribution is 2.21. The van der Waals surface area contributed by atoms with E-state index in [1.165, 1.54) is 5.56 Å². The van der Waals surface area contributed by atoms with Gasteiger partial charge >= 0.3 is 0 Å². The Morgan fingerprint density at radius 2 is 1.71 bits per heavy atom. The molecule has 0 aliphatic rings. The predicted molar refractivity (Wildman–Crippen MR) is 152 cm³/mol. The van der Waals surface area contributed by atoms with Gasteiger partial charge in [0, 0.05) is 34.2 Å². The molecule has 1 aromatic heterocycles. The number of fused-ring (bicyclic) bond motifs is 1. The van der Waals surface area contributed by atoms with Crippen molar-refractivity contribution < 1.29 is 14.3 Å². The third-order valence-corrected chi connectivity index (χ3v) is 6.19. The van der Waals surface area contributed by atoms with Gasteiger partial charge in [-0.25, -0.2) is 5.43 Å². The number of para-hydroxylation sites is 1. The van der Waals surface area contributed by atoms with Crippen molar-refractivity contribution >= 4 is 40.5 Å². The molecule has 38 heavy (non-hydrogen) atoms. The van der Waals surface area contributed by atoms with Gasteiger partial charge in [-0.15, -0.1) is 0 Å². The summed E-state index contributed by atoms with van der Waals surface area (Å²) in [6.07, 6.45) is 4.12. The van der Waals surface area contributed by atoms with Crippen molar-refractivity contribution in [3.8, 4) is 5.75 Å². The van der Waals surface area contributed by atoms with Gasteiger partial charge in [0.1, 0.15) is 11.8 Å². The summed E-state index contributed by atoms with van der Waals surface area (Å²) in [4.78, 5) is 25.4. The van der Waals surface area contributed by atoms with Gasteiger partial charge in [-0.2, -0.15) is 5.10 Å². The van der Waals surface area contributed by atoms with Crippen molar-refractivity contribution in [2.24, 2.45) is 11.0 Å². The molecule has 0 saturated carbocycles. The molecule has 4 rings (SSSR count). The highest BCUT2D eigenvalue weighted by molar-refractivity contribution is 6.30. The normalized spacial score (nSPS) is 12.1. The number of amides is 2. The molecule has 0 unspecified atom stereocenters. The van der Waals surface area contributed by atoms with Crippen LogP contribution >= 0.6 is 11.6 Å². The third-order valence-electron chi connectivity index (χ3n) is 5.94. The van der Waals surface area contributed by atoms with Crippen molar-refractivity contribution in [1.82, 2.24) is 15.3 Å². The molecule has 7 nitrogen and oxygen atoms in total. The quantitative estimate of drug-likeness (QED) is 0.201. The second kappa shape index (κ2) is 12.9. The lowest BCUT2D eigenvalue weighted by molar-refractivity contribution is -0.130. The van der Waals surface area contributed by atoms with E-state index in [0.717, 1.165) is 23.0 Å². The topological polar surface area (TPSA) is 84.7 Å². The third kappa shape index (κ3) is 7.46. The Morgan fingerprint density at radius 1 is 1.00 bits per heavy atom. The highest BCUT2D eigenvalue weighted by atomic mass is 35.5. The maximum Gasteiger partial charge on any atom is 0.262 e. The van der Waals surface area contributed by atoms with Crippen LogP contribution in [0.1, 0.15) is 31.4 Å². The average Bonchev–Trinajstić information content (AvgIpc) is 3.25. The van der Waals surface area contributed by atoms with Crippen molar-refractivity contribution in [3.63, 3.8) is 0 Å². The molecule has 0 bridgehead atoms. The van der Waals surface area contributed by atoms with Crippen molar-refractivity contribution in [2.75, 3.05) is 6.61 Å². The number of hydrazone groups is 1. The molecule has 0 radical (unpaired) electrons. The van der Waals surface area contributed by atoms with Crippen LogP contribution in [0.25, 0.3) is 10.9 Å².